The molecule has 1 heterocycles. The van der Waals surface area contributed by atoms with Gasteiger partial charge in [-0.25, -0.2) is 4.39 Å². The molecule has 78 valence electrons. The number of rotatable bonds is 2. The lowest BCUT2D eigenvalue weighted by molar-refractivity contribution is 0.605. The molecule has 0 fully saturated rings. The van der Waals surface area contributed by atoms with Gasteiger partial charge in [-0.05, 0) is 23.9 Å². The van der Waals surface area contributed by atoms with Crippen LogP contribution in [0.2, 0.25) is 0 Å². The molecule has 0 aliphatic carbocycles. The SMILES string of the molecule is Cc1cccc(C(Br)c2cccs2)c1F. The maximum Gasteiger partial charge on any atom is 0.130 e. The van der Waals surface area contributed by atoms with Crippen LogP contribution >= 0.6 is 27.3 Å². The first-order valence-electron chi connectivity index (χ1n) is 4.62. The maximum atomic E-state index is 13.8. The van der Waals surface area contributed by atoms with E-state index < -0.39 is 0 Å². The minimum Gasteiger partial charge on any atom is -0.206 e. The zero-order chi connectivity index (χ0) is 10.8. The summed E-state index contributed by atoms with van der Waals surface area (Å²) in [4.78, 5) is 1.08. The molecule has 0 aliphatic heterocycles. The minimum absolute atomic E-state index is 0.0441. The lowest BCUT2D eigenvalue weighted by Crippen LogP contribution is -1.96. The summed E-state index contributed by atoms with van der Waals surface area (Å²) in [5.74, 6) is -0.118. The molecule has 1 unspecified atom stereocenters. The van der Waals surface area contributed by atoms with E-state index in [0.717, 1.165) is 4.88 Å². The van der Waals surface area contributed by atoms with Crippen LogP contribution in [0.4, 0.5) is 4.39 Å². The summed E-state index contributed by atoms with van der Waals surface area (Å²) in [5.41, 5.74) is 1.39. The van der Waals surface area contributed by atoms with E-state index in [-0.39, 0.29) is 10.6 Å². The van der Waals surface area contributed by atoms with Crippen LogP contribution in [0.1, 0.15) is 20.8 Å². The van der Waals surface area contributed by atoms with Crippen LogP contribution in [0.25, 0.3) is 0 Å². The van der Waals surface area contributed by atoms with Gasteiger partial charge in [-0.3, -0.25) is 0 Å². The molecule has 0 saturated heterocycles. The van der Waals surface area contributed by atoms with Gasteiger partial charge in [0.2, 0.25) is 0 Å². The van der Waals surface area contributed by atoms with E-state index in [1.807, 2.05) is 29.6 Å². The van der Waals surface area contributed by atoms with Crippen molar-refractivity contribution >= 4 is 27.3 Å². The topological polar surface area (TPSA) is 0 Å². The Hall–Kier alpha value is -0.670. The first-order chi connectivity index (χ1) is 7.20. The second-order valence-corrected chi connectivity index (χ2v) is 5.25. The third-order valence-electron chi connectivity index (χ3n) is 2.29. The quantitative estimate of drug-likeness (QED) is 0.703. The van der Waals surface area contributed by atoms with E-state index in [2.05, 4.69) is 15.9 Å². The summed E-state index contributed by atoms with van der Waals surface area (Å²) in [6.45, 7) is 1.78. The number of hydrogen-bond acceptors (Lipinski definition) is 1. The van der Waals surface area contributed by atoms with E-state index in [1.165, 1.54) is 0 Å². The van der Waals surface area contributed by atoms with Crippen molar-refractivity contribution in [3.63, 3.8) is 0 Å². The van der Waals surface area contributed by atoms with Crippen molar-refractivity contribution in [2.75, 3.05) is 0 Å². The number of hydrogen-bond donors (Lipinski definition) is 0. The molecule has 0 aliphatic rings. The van der Waals surface area contributed by atoms with Gasteiger partial charge in [0.15, 0.2) is 0 Å². The molecule has 0 bridgehead atoms. The van der Waals surface area contributed by atoms with E-state index in [9.17, 15) is 4.39 Å². The van der Waals surface area contributed by atoms with E-state index in [4.69, 9.17) is 0 Å². The maximum absolute atomic E-state index is 13.8. The van der Waals surface area contributed by atoms with Crippen LogP contribution in [0.5, 0.6) is 0 Å². The molecular formula is C12H10BrFS. The number of alkyl halides is 1. The molecule has 0 saturated carbocycles. The van der Waals surface area contributed by atoms with Gasteiger partial charge in [-0.15, -0.1) is 11.3 Å². The van der Waals surface area contributed by atoms with Gasteiger partial charge in [0.1, 0.15) is 5.82 Å². The van der Waals surface area contributed by atoms with Crippen molar-refractivity contribution in [2.24, 2.45) is 0 Å². The predicted molar refractivity (Wildman–Crippen MR) is 66.2 cm³/mol. The molecule has 15 heavy (non-hydrogen) atoms. The van der Waals surface area contributed by atoms with Gasteiger partial charge in [0.05, 0.1) is 4.83 Å². The normalized spacial score (nSPS) is 12.7. The van der Waals surface area contributed by atoms with Gasteiger partial charge >= 0.3 is 0 Å². The fourth-order valence-electron chi connectivity index (χ4n) is 1.45. The number of aryl methyl sites for hydroxylation is 1. The molecule has 1 aromatic heterocycles. The van der Waals surface area contributed by atoms with Crippen LogP contribution in [0, 0.1) is 12.7 Å². The number of thiophene rings is 1. The van der Waals surface area contributed by atoms with Crippen molar-refractivity contribution in [3.05, 3.63) is 57.5 Å². The summed E-state index contributed by atoms with van der Waals surface area (Å²) >= 11 is 5.16. The second kappa shape index (κ2) is 4.45. The second-order valence-electron chi connectivity index (χ2n) is 3.36. The molecular weight excluding hydrogens is 275 g/mol. The van der Waals surface area contributed by atoms with Crippen LogP contribution < -0.4 is 0 Å². The van der Waals surface area contributed by atoms with Crippen molar-refractivity contribution in [1.29, 1.82) is 0 Å². The van der Waals surface area contributed by atoms with Crippen molar-refractivity contribution < 1.29 is 4.39 Å². The first-order valence-corrected chi connectivity index (χ1v) is 6.42. The highest BCUT2D eigenvalue weighted by Gasteiger charge is 2.16. The Morgan fingerprint density at radius 3 is 2.73 bits per heavy atom. The van der Waals surface area contributed by atoms with E-state index in [0.29, 0.717) is 11.1 Å². The average molecular weight is 285 g/mol. The zero-order valence-electron chi connectivity index (χ0n) is 8.21. The van der Waals surface area contributed by atoms with Gasteiger partial charge in [-0.1, -0.05) is 40.2 Å². The fraction of sp³-hybridized carbons (Fsp3) is 0.167. The fourth-order valence-corrected chi connectivity index (χ4v) is 3.00. The molecule has 0 radical (unpaired) electrons. The van der Waals surface area contributed by atoms with Crippen molar-refractivity contribution in [1.82, 2.24) is 0 Å². The average Bonchev–Trinajstić information content (AvgIpc) is 2.74. The molecule has 0 N–H and O–H groups in total. The van der Waals surface area contributed by atoms with Crippen LogP contribution in [0.15, 0.2) is 35.7 Å². The number of benzene rings is 1. The van der Waals surface area contributed by atoms with Crippen molar-refractivity contribution in [2.45, 2.75) is 11.8 Å². The van der Waals surface area contributed by atoms with E-state index >= 15 is 0 Å². The molecule has 0 spiro atoms. The van der Waals surface area contributed by atoms with E-state index in [1.54, 1.807) is 24.3 Å². The first kappa shape index (κ1) is 10.8. The molecule has 3 heteroatoms. The standard InChI is InChI=1S/C12H10BrFS/c1-8-4-2-5-9(12(8)14)11(13)10-6-3-7-15-10/h2-7,11H,1H3. The Kier molecular flexibility index (Phi) is 3.22. The van der Waals surface area contributed by atoms with Gasteiger partial charge in [0.25, 0.3) is 0 Å². The highest BCUT2D eigenvalue weighted by atomic mass is 79.9. The molecule has 1 aromatic carbocycles. The minimum atomic E-state index is -0.118. The van der Waals surface area contributed by atoms with Crippen molar-refractivity contribution in [3.8, 4) is 0 Å². The van der Waals surface area contributed by atoms with Crippen LogP contribution in [-0.4, -0.2) is 0 Å². The Labute approximate surface area is 101 Å². The lowest BCUT2D eigenvalue weighted by atomic mass is 10.1. The molecule has 1 atom stereocenters. The lowest BCUT2D eigenvalue weighted by Gasteiger charge is -2.10. The summed E-state index contributed by atoms with van der Waals surface area (Å²) in [5, 5.41) is 2.00. The summed E-state index contributed by atoms with van der Waals surface area (Å²) in [6, 6.07) is 9.47. The van der Waals surface area contributed by atoms with Gasteiger partial charge in [0, 0.05) is 10.4 Å². The molecule has 2 rings (SSSR count). The predicted octanol–water partition coefficient (Wildman–Crippen LogP) is 4.68. The number of halogens is 2. The zero-order valence-corrected chi connectivity index (χ0v) is 10.6. The molecule has 0 nitrogen and oxygen atoms in total. The monoisotopic (exact) mass is 284 g/mol. The Balaban J connectivity index is 2.42. The third-order valence-corrected chi connectivity index (χ3v) is 4.51. The molecule has 2 aromatic rings. The third kappa shape index (κ3) is 2.13. The Morgan fingerprint density at radius 2 is 2.07 bits per heavy atom. The van der Waals surface area contributed by atoms with Gasteiger partial charge < -0.3 is 0 Å². The summed E-state index contributed by atoms with van der Waals surface area (Å²) in [6.07, 6.45) is 0. The largest absolute Gasteiger partial charge is 0.206 e. The smallest absolute Gasteiger partial charge is 0.130 e. The van der Waals surface area contributed by atoms with Crippen LogP contribution in [0.3, 0.4) is 0 Å². The molecule has 0 amide bonds. The highest BCUT2D eigenvalue weighted by Crippen LogP contribution is 2.35. The Bertz CT molecular complexity index is 451. The summed E-state index contributed by atoms with van der Waals surface area (Å²) < 4.78 is 13.8. The van der Waals surface area contributed by atoms with Gasteiger partial charge in [-0.2, -0.15) is 0 Å². The highest BCUT2D eigenvalue weighted by molar-refractivity contribution is 9.09. The summed E-state index contributed by atoms with van der Waals surface area (Å²) in [7, 11) is 0. The van der Waals surface area contributed by atoms with Crippen LogP contribution in [-0.2, 0) is 0 Å². The Morgan fingerprint density at radius 1 is 1.27 bits per heavy atom.